The Morgan fingerprint density at radius 2 is 1.22 bits per heavy atom. The summed E-state index contributed by atoms with van der Waals surface area (Å²) >= 11 is 0. The zero-order chi connectivity index (χ0) is 25.2. The van der Waals surface area contributed by atoms with Crippen LogP contribution in [0.4, 0.5) is 0 Å². The number of allylic oxidation sites excluding steroid dienone is 2. The molecule has 3 nitrogen and oxygen atoms in total. The first kappa shape index (κ1) is 25.2. The van der Waals surface area contributed by atoms with Crippen LogP contribution in [-0.4, -0.2) is 12.6 Å². The smallest absolute Gasteiger partial charge is 0.356 e. The molecule has 4 aromatic rings. The van der Waals surface area contributed by atoms with Crippen LogP contribution in [0.1, 0.15) is 18.1 Å². The lowest BCUT2D eigenvalue weighted by molar-refractivity contribution is -0.138. The lowest BCUT2D eigenvalue weighted by Gasteiger charge is -2.27. The van der Waals surface area contributed by atoms with Crippen molar-refractivity contribution in [2.45, 2.75) is 13.8 Å². The Balaban J connectivity index is 1.99. The second-order valence-electron chi connectivity index (χ2n) is 8.28. The van der Waals surface area contributed by atoms with Crippen molar-refractivity contribution in [3.63, 3.8) is 0 Å². The number of aryl methyl sites for hydroxylation is 1. The summed E-state index contributed by atoms with van der Waals surface area (Å²) in [5.41, 5.74) is 2.55. The summed E-state index contributed by atoms with van der Waals surface area (Å²) in [5, 5.41) is 3.21. The highest BCUT2D eigenvalue weighted by Crippen LogP contribution is 2.47. The van der Waals surface area contributed by atoms with Crippen molar-refractivity contribution in [3.8, 4) is 0 Å². The van der Waals surface area contributed by atoms with Crippen LogP contribution in [-0.2, 0) is 9.53 Å². The first-order valence-electron chi connectivity index (χ1n) is 12.0. The Labute approximate surface area is 213 Å². The maximum absolute atomic E-state index is 13.2. The Morgan fingerprint density at radius 3 is 1.67 bits per heavy atom. The minimum atomic E-state index is -2.58. The number of hydrogen-bond donors (Lipinski definition) is 0. The van der Waals surface area contributed by atoms with Gasteiger partial charge in [-0.3, -0.25) is 0 Å². The Morgan fingerprint density at radius 1 is 0.750 bits per heavy atom. The van der Waals surface area contributed by atoms with Gasteiger partial charge in [-0.05, 0) is 25.5 Å². The van der Waals surface area contributed by atoms with Gasteiger partial charge in [-0.25, -0.2) is 9.54 Å². The van der Waals surface area contributed by atoms with E-state index in [0.29, 0.717) is 5.70 Å². The fourth-order valence-electron chi connectivity index (χ4n) is 3.99. The van der Waals surface area contributed by atoms with E-state index in [1.165, 1.54) is 5.56 Å². The molecule has 0 aliphatic carbocycles. The van der Waals surface area contributed by atoms with Crippen LogP contribution >= 0.6 is 7.05 Å². The second-order valence-corrected chi connectivity index (χ2v) is 11.3. The molecule has 4 heteroatoms. The largest absolute Gasteiger partial charge is 0.461 e. The summed E-state index contributed by atoms with van der Waals surface area (Å²) in [6.45, 7) is 4.15. The summed E-state index contributed by atoms with van der Waals surface area (Å²) in [7, 11) is -2.58. The third kappa shape index (κ3) is 5.82. The minimum Gasteiger partial charge on any atom is -0.461 e. The molecule has 0 radical (unpaired) electrons. The van der Waals surface area contributed by atoms with Gasteiger partial charge in [0.15, 0.2) is 0 Å². The third-order valence-electron chi connectivity index (χ3n) is 5.75. The number of hydrogen-bond acceptors (Lipinski definition) is 3. The number of carbonyl (C=O) groups excluding carboxylic acids is 1. The second kappa shape index (κ2) is 12.2. The van der Waals surface area contributed by atoms with E-state index >= 15 is 0 Å². The highest BCUT2D eigenvalue weighted by Gasteiger charge is 2.29. The number of nitrogens with zero attached hydrogens (tertiary/aromatic N) is 1. The van der Waals surface area contributed by atoms with Crippen molar-refractivity contribution in [3.05, 3.63) is 144 Å². The number of benzene rings is 4. The third-order valence-corrected chi connectivity index (χ3v) is 9.40. The quantitative estimate of drug-likeness (QED) is 0.120. The van der Waals surface area contributed by atoms with Crippen molar-refractivity contribution < 1.29 is 9.53 Å². The van der Waals surface area contributed by atoms with Crippen LogP contribution in [0.2, 0.25) is 0 Å². The fraction of sp³-hybridized carbons (Fsp3) is 0.0938. The van der Waals surface area contributed by atoms with Gasteiger partial charge in [0.1, 0.15) is 5.70 Å². The molecule has 36 heavy (non-hydrogen) atoms. The molecule has 4 aromatic carbocycles. The first-order valence-corrected chi connectivity index (χ1v) is 13.8. The SMILES string of the molecule is CCOC(=O)/C(=C\C=C\c1ccc(C)cc1)N=P(c1ccccc1)(c1ccccc1)c1ccccc1. The van der Waals surface area contributed by atoms with Crippen LogP contribution in [0.15, 0.2) is 138 Å². The predicted molar refractivity (Wildman–Crippen MR) is 153 cm³/mol. The van der Waals surface area contributed by atoms with E-state index in [1.54, 1.807) is 6.08 Å². The van der Waals surface area contributed by atoms with Gasteiger partial charge in [0, 0.05) is 15.9 Å². The molecule has 0 saturated heterocycles. The van der Waals surface area contributed by atoms with Gasteiger partial charge in [-0.1, -0.05) is 133 Å². The van der Waals surface area contributed by atoms with Crippen molar-refractivity contribution >= 4 is 35.0 Å². The highest BCUT2D eigenvalue weighted by atomic mass is 31.2. The number of rotatable bonds is 8. The Bertz CT molecular complexity index is 1290. The van der Waals surface area contributed by atoms with Crippen LogP contribution < -0.4 is 15.9 Å². The zero-order valence-corrected chi connectivity index (χ0v) is 21.5. The molecule has 0 aliphatic heterocycles. The summed E-state index contributed by atoms with van der Waals surface area (Å²) < 4.78 is 10.8. The number of carbonyl (C=O) groups is 1. The summed E-state index contributed by atoms with van der Waals surface area (Å²) in [5.74, 6) is -0.432. The van der Waals surface area contributed by atoms with Crippen LogP contribution in [0.3, 0.4) is 0 Å². The van der Waals surface area contributed by atoms with E-state index in [2.05, 4.69) is 67.6 Å². The summed E-state index contributed by atoms with van der Waals surface area (Å²) in [6, 6.07) is 39.0. The van der Waals surface area contributed by atoms with Crippen molar-refractivity contribution in [2.75, 3.05) is 6.61 Å². The molecule has 0 unspecified atom stereocenters. The molecule has 0 bridgehead atoms. The zero-order valence-electron chi connectivity index (χ0n) is 20.6. The van der Waals surface area contributed by atoms with Crippen molar-refractivity contribution in [1.82, 2.24) is 0 Å². The minimum absolute atomic E-state index is 0.279. The van der Waals surface area contributed by atoms with Crippen LogP contribution in [0, 0.1) is 6.92 Å². The van der Waals surface area contributed by atoms with Crippen molar-refractivity contribution in [2.24, 2.45) is 4.74 Å². The topological polar surface area (TPSA) is 38.7 Å². The molecule has 0 aliphatic rings. The summed E-state index contributed by atoms with van der Waals surface area (Å²) in [4.78, 5) is 13.2. The number of ether oxygens (including phenoxy) is 1. The normalized spacial score (nSPS) is 11.9. The number of esters is 1. The van der Waals surface area contributed by atoms with E-state index in [1.807, 2.05) is 73.7 Å². The molecule has 0 aromatic heterocycles. The lowest BCUT2D eigenvalue weighted by atomic mass is 10.1. The molecule has 0 saturated carbocycles. The maximum atomic E-state index is 13.2. The highest BCUT2D eigenvalue weighted by molar-refractivity contribution is 7.87. The monoisotopic (exact) mass is 491 g/mol. The van der Waals surface area contributed by atoms with Crippen molar-refractivity contribution in [1.29, 1.82) is 0 Å². The summed E-state index contributed by atoms with van der Waals surface area (Å²) in [6.07, 6.45) is 5.61. The molecule has 0 fully saturated rings. The van der Waals surface area contributed by atoms with E-state index in [9.17, 15) is 4.79 Å². The van der Waals surface area contributed by atoms with Gasteiger partial charge in [0.2, 0.25) is 0 Å². The molecule has 0 atom stereocenters. The van der Waals surface area contributed by atoms with E-state index in [0.717, 1.165) is 21.5 Å². The van der Waals surface area contributed by atoms with Gasteiger partial charge in [-0.15, -0.1) is 0 Å². The Hall–Kier alpha value is -3.94. The Kier molecular flexibility index (Phi) is 8.49. The maximum Gasteiger partial charge on any atom is 0.356 e. The van der Waals surface area contributed by atoms with Crippen LogP contribution in [0.5, 0.6) is 0 Å². The van der Waals surface area contributed by atoms with E-state index < -0.39 is 13.0 Å². The molecule has 180 valence electrons. The standard InChI is InChI=1S/C32H30NO2P/c1-3-35-32(34)31(21-13-14-27-24-22-26(2)23-25-27)33-36(28-15-7-4-8-16-28,29-17-9-5-10-18-29)30-19-11-6-12-20-30/h4-25H,3H2,1-2H3/b14-13+,31-21+. The predicted octanol–water partition coefficient (Wildman–Crippen LogP) is 6.63. The van der Waals surface area contributed by atoms with Gasteiger partial charge >= 0.3 is 5.97 Å². The average molecular weight is 492 g/mol. The van der Waals surface area contributed by atoms with Gasteiger partial charge in [0.25, 0.3) is 0 Å². The van der Waals surface area contributed by atoms with E-state index in [4.69, 9.17) is 9.48 Å². The molecule has 4 rings (SSSR count). The fourth-order valence-corrected chi connectivity index (χ4v) is 7.51. The van der Waals surface area contributed by atoms with Crippen LogP contribution in [0.25, 0.3) is 6.08 Å². The molecule has 0 amide bonds. The first-order chi connectivity index (χ1) is 17.6. The molecular formula is C32H30NO2P. The molecule has 0 heterocycles. The van der Waals surface area contributed by atoms with Gasteiger partial charge < -0.3 is 4.74 Å². The van der Waals surface area contributed by atoms with Gasteiger partial charge in [0.05, 0.1) is 13.7 Å². The molecule has 0 N–H and O–H groups in total. The lowest BCUT2D eigenvalue weighted by Crippen LogP contribution is -2.26. The average Bonchev–Trinajstić information content (AvgIpc) is 2.93. The van der Waals surface area contributed by atoms with Gasteiger partial charge in [-0.2, -0.15) is 0 Å². The molecule has 0 spiro atoms. The molecular weight excluding hydrogens is 461 g/mol. The van der Waals surface area contributed by atoms with E-state index in [-0.39, 0.29) is 6.61 Å².